The molecule has 2 atom stereocenters. The van der Waals surface area contributed by atoms with Gasteiger partial charge >= 0.3 is 0 Å². The lowest BCUT2D eigenvalue weighted by atomic mass is 10.1. The Morgan fingerprint density at radius 2 is 2.10 bits per heavy atom. The summed E-state index contributed by atoms with van der Waals surface area (Å²) in [5.74, 6) is 0.276. The van der Waals surface area contributed by atoms with E-state index in [4.69, 9.17) is 0 Å². The number of hydrogen-bond donors (Lipinski definition) is 2. The first kappa shape index (κ1) is 15.8. The Hall–Kier alpha value is -1.59. The van der Waals surface area contributed by atoms with Crippen LogP contribution in [0.3, 0.4) is 0 Å². The van der Waals surface area contributed by atoms with Gasteiger partial charge in [-0.2, -0.15) is 0 Å². The van der Waals surface area contributed by atoms with E-state index in [1.54, 1.807) is 17.0 Å². The molecule has 1 fully saturated rings. The number of β-amino-alcohol motifs (C(OH)–C–C–N with tert-alkyl or cyclic N) is 1. The van der Waals surface area contributed by atoms with Crippen LogP contribution in [0.2, 0.25) is 0 Å². The highest BCUT2D eigenvalue weighted by Crippen LogP contribution is 2.22. The molecular weight excluding hydrogens is 268 g/mol. The predicted octanol–water partition coefficient (Wildman–Crippen LogP) is 0.848. The quantitative estimate of drug-likeness (QED) is 0.844. The third-order valence-corrected chi connectivity index (χ3v) is 3.89. The number of likely N-dealkylation sites (tertiary alicyclic amines) is 1. The van der Waals surface area contributed by atoms with Gasteiger partial charge in [0.15, 0.2) is 0 Å². The Bertz CT molecular complexity index is 490. The van der Waals surface area contributed by atoms with Crippen molar-refractivity contribution in [2.75, 3.05) is 27.2 Å². The molecule has 2 rings (SSSR count). The summed E-state index contributed by atoms with van der Waals surface area (Å²) in [6.07, 6.45) is 1.09. The molecule has 1 aliphatic heterocycles. The number of carbonyl (C=O) groups excluding carboxylic acids is 1. The highest BCUT2D eigenvalue weighted by molar-refractivity contribution is 5.77. The van der Waals surface area contributed by atoms with Gasteiger partial charge in [-0.15, -0.1) is 0 Å². The minimum atomic E-state index is -0.427. The van der Waals surface area contributed by atoms with Gasteiger partial charge in [0, 0.05) is 25.6 Å². The predicted molar refractivity (Wildman–Crippen MR) is 81.1 cm³/mol. The maximum Gasteiger partial charge on any atom is 0.223 e. The number of likely N-dealkylation sites (N-methyl/N-ethyl adjacent to an activating group) is 1. The molecule has 1 aliphatic rings. The van der Waals surface area contributed by atoms with Gasteiger partial charge in [-0.3, -0.25) is 4.79 Å². The molecule has 0 spiro atoms. The third-order valence-electron chi connectivity index (χ3n) is 3.89. The zero-order valence-electron chi connectivity index (χ0n) is 12.7. The van der Waals surface area contributed by atoms with E-state index in [0.717, 1.165) is 12.1 Å². The Morgan fingerprint density at radius 1 is 1.38 bits per heavy atom. The summed E-state index contributed by atoms with van der Waals surface area (Å²) in [5, 5.41) is 19.5. The summed E-state index contributed by atoms with van der Waals surface area (Å²) >= 11 is 0. The minimum Gasteiger partial charge on any atom is -0.508 e. The maximum atomic E-state index is 12.4. The van der Waals surface area contributed by atoms with Crippen molar-refractivity contribution >= 4 is 5.91 Å². The van der Waals surface area contributed by atoms with E-state index in [9.17, 15) is 15.0 Å². The van der Waals surface area contributed by atoms with Crippen molar-refractivity contribution in [1.82, 2.24) is 9.80 Å². The fraction of sp³-hybridized carbons (Fsp3) is 0.562. The van der Waals surface area contributed by atoms with Gasteiger partial charge in [-0.1, -0.05) is 18.2 Å². The summed E-state index contributed by atoms with van der Waals surface area (Å²) in [5.41, 5.74) is 0.787. The first-order valence-electron chi connectivity index (χ1n) is 7.36. The fourth-order valence-corrected chi connectivity index (χ4v) is 2.90. The van der Waals surface area contributed by atoms with E-state index in [0.29, 0.717) is 25.8 Å². The number of aryl methyl sites for hydroxylation is 1. The molecule has 21 heavy (non-hydrogen) atoms. The number of aliphatic hydroxyl groups excluding tert-OH is 1. The molecule has 1 saturated heterocycles. The van der Waals surface area contributed by atoms with Gasteiger partial charge in [0.05, 0.1) is 6.10 Å². The lowest BCUT2D eigenvalue weighted by Crippen LogP contribution is -2.41. The number of hydrogen-bond acceptors (Lipinski definition) is 4. The van der Waals surface area contributed by atoms with Crippen LogP contribution < -0.4 is 0 Å². The van der Waals surface area contributed by atoms with Crippen LogP contribution in [0.15, 0.2) is 24.3 Å². The standard InChI is InChI=1S/C16H24N2O3/c1-17(2)10-13-9-14(19)11-18(13)16(21)8-7-12-5-3-4-6-15(12)20/h3-6,13-14,19-20H,7-11H2,1-2H3. The van der Waals surface area contributed by atoms with Crippen LogP contribution in [-0.2, 0) is 11.2 Å². The molecule has 2 unspecified atom stereocenters. The van der Waals surface area contributed by atoms with Crippen molar-refractivity contribution in [3.05, 3.63) is 29.8 Å². The Balaban J connectivity index is 1.94. The largest absolute Gasteiger partial charge is 0.508 e. The van der Waals surface area contributed by atoms with E-state index in [-0.39, 0.29) is 17.7 Å². The second kappa shape index (κ2) is 6.91. The number of nitrogens with zero attached hydrogens (tertiary/aromatic N) is 2. The second-order valence-corrected chi connectivity index (χ2v) is 5.98. The third kappa shape index (κ3) is 4.19. The number of phenolic OH excluding ortho intramolecular Hbond substituents is 1. The summed E-state index contributed by atoms with van der Waals surface area (Å²) in [6, 6.07) is 7.16. The van der Waals surface area contributed by atoms with Gasteiger partial charge < -0.3 is 20.0 Å². The molecule has 0 aromatic heterocycles. The molecule has 0 radical (unpaired) electrons. The number of carbonyl (C=O) groups is 1. The van der Waals surface area contributed by atoms with E-state index < -0.39 is 6.10 Å². The van der Waals surface area contributed by atoms with Crippen LogP contribution in [0.1, 0.15) is 18.4 Å². The van der Waals surface area contributed by atoms with Gasteiger partial charge in [0.2, 0.25) is 5.91 Å². The number of rotatable bonds is 5. The lowest BCUT2D eigenvalue weighted by Gasteiger charge is -2.27. The highest BCUT2D eigenvalue weighted by Gasteiger charge is 2.34. The molecule has 116 valence electrons. The monoisotopic (exact) mass is 292 g/mol. The van der Waals surface area contributed by atoms with E-state index >= 15 is 0 Å². The molecule has 0 saturated carbocycles. The molecule has 5 heteroatoms. The Kier molecular flexibility index (Phi) is 5.20. The average Bonchev–Trinajstić information content (AvgIpc) is 2.77. The van der Waals surface area contributed by atoms with Crippen LogP contribution in [0.4, 0.5) is 0 Å². The van der Waals surface area contributed by atoms with Gasteiger partial charge in [-0.25, -0.2) is 0 Å². The first-order valence-corrected chi connectivity index (χ1v) is 7.36. The highest BCUT2D eigenvalue weighted by atomic mass is 16.3. The molecule has 1 aromatic carbocycles. The summed E-state index contributed by atoms with van der Waals surface area (Å²) in [4.78, 5) is 16.2. The van der Waals surface area contributed by atoms with Crippen LogP contribution in [0, 0.1) is 0 Å². The van der Waals surface area contributed by atoms with Crippen LogP contribution in [0.25, 0.3) is 0 Å². The Morgan fingerprint density at radius 3 is 2.76 bits per heavy atom. The number of phenols is 1. The van der Waals surface area contributed by atoms with Crippen molar-refractivity contribution in [2.45, 2.75) is 31.4 Å². The van der Waals surface area contributed by atoms with E-state index in [2.05, 4.69) is 0 Å². The van der Waals surface area contributed by atoms with E-state index in [1.807, 2.05) is 31.1 Å². The molecule has 1 amide bonds. The average molecular weight is 292 g/mol. The smallest absolute Gasteiger partial charge is 0.223 e. The fourth-order valence-electron chi connectivity index (χ4n) is 2.90. The van der Waals surface area contributed by atoms with Crippen LogP contribution in [0.5, 0.6) is 5.75 Å². The second-order valence-electron chi connectivity index (χ2n) is 5.98. The number of aromatic hydroxyl groups is 1. The molecule has 5 nitrogen and oxygen atoms in total. The van der Waals surface area contributed by atoms with Crippen LogP contribution >= 0.6 is 0 Å². The maximum absolute atomic E-state index is 12.4. The molecule has 1 heterocycles. The number of amides is 1. The van der Waals surface area contributed by atoms with Crippen molar-refractivity contribution < 1.29 is 15.0 Å². The first-order chi connectivity index (χ1) is 9.97. The van der Waals surface area contributed by atoms with Crippen molar-refractivity contribution in [3.8, 4) is 5.75 Å². The molecule has 0 bridgehead atoms. The number of aliphatic hydroxyl groups is 1. The zero-order valence-corrected chi connectivity index (χ0v) is 12.7. The Labute approximate surface area is 125 Å². The summed E-state index contributed by atoms with van der Waals surface area (Å²) in [6.45, 7) is 1.18. The van der Waals surface area contributed by atoms with Gasteiger partial charge in [-0.05, 0) is 38.6 Å². The lowest BCUT2D eigenvalue weighted by molar-refractivity contribution is -0.132. The minimum absolute atomic E-state index is 0.0432. The topological polar surface area (TPSA) is 64.0 Å². The van der Waals surface area contributed by atoms with Crippen molar-refractivity contribution in [3.63, 3.8) is 0 Å². The van der Waals surface area contributed by atoms with Gasteiger partial charge in [0.1, 0.15) is 5.75 Å². The molecule has 1 aromatic rings. The molecular formula is C16H24N2O3. The van der Waals surface area contributed by atoms with Crippen molar-refractivity contribution in [2.24, 2.45) is 0 Å². The van der Waals surface area contributed by atoms with Crippen LogP contribution in [-0.4, -0.2) is 65.3 Å². The SMILES string of the molecule is CN(C)CC1CC(O)CN1C(=O)CCc1ccccc1O. The van der Waals surface area contributed by atoms with Gasteiger partial charge in [0.25, 0.3) is 0 Å². The zero-order chi connectivity index (χ0) is 15.4. The normalized spacial score (nSPS) is 22.0. The van der Waals surface area contributed by atoms with Crippen molar-refractivity contribution in [1.29, 1.82) is 0 Å². The molecule has 0 aliphatic carbocycles. The summed E-state index contributed by atoms with van der Waals surface area (Å²) in [7, 11) is 3.94. The number of para-hydroxylation sites is 1. The molecule has 2 N–H and O–H groups in total. The summed E-state index contributed by atoms with van der Waals surface area (Å²) < 4.78 is 0. The number of benzene rings is 1. The van der Waals surface area contributed by atoms with E-state index in [1.165, 1.54) is 0 Å².